The summed E-state index contributed by atoms with van der Waals surface area (Å²) in [6.45, 7) is 0. The fourth-order valence-electron chi connectivity index (χ4n) is 2.65. The zero-order valence-electron chi connectivity index (χ0n) is 13.4. The number of rotatable bonds is 4. The third-order valence-electron chi connectivity index (χ3n) is 4.04. The van der Waals surface area contributed by atoms with Gasteiger partial charge in [-0.3, -0.25) is 9.59 Å². The Morgan fingerprint density at radius 3 is 1.19 bits per heavy atom. The molecule has 0 spiro atoms. The Hall–Kier alpha value is -3.80. The summed E-state index contributed by atoms with van der Waals surface area (Å²) >= 11 is 0. The largest absolute Gasteiger partial charge is 0.504 e. The van der Waals surface area contributed by atoms with E-state index in [1.54, 1.807) is 24.3 Å². The maximum absolute atomic E-state index is 11.0. The van der Waals surface area contributed by atoms with Gasteiger partial charge in [-0.15, -0.1) is 0 Å². The summed E-state index contributed by atoms with van der Waals surface area (Å²) in [7, 11) is 0. The molecule has 6 nitrogen and oxygen atoms in total. The van der Waals surface area contributed by atoms with E-state index in [0.717, 1.165) is 0 Å². The predicted molar refractivity (Wildman–Crippen MR) is 94.7 cm³/mol. The van der Waals surface area contributed by atoms with E-state index >= 15 is 0 Å². The van der Waals surface area contributed by atoms with Crippen LogP contribution in [0.1, 0.15) is 20.7 Å². The van der Waals surface area contributed by atoms with E-state index in [4.69, 9.17) is 0 Å². The molecule has 0 atom stereocenters. The summed E-state index contributed by atoms with van der Waals surface area (Å²) in [6, 6.07) is 12.5. The Morgan fingerprint density at radius 1 is 0.538 bits per heavy atom. The monoisotopic (exact) mass is 350 g/mol. The number of hydrogen-bond donors (Lipinski definition) is 4. The second kappa shape index (κ2) is 6.60. The normalized spacial score (nSPS) is 10.5. The molecule has 3 aromatic rings. The van der Waals surface area contributed by atoms with Gasteiger partial charge in [0.1, 0.15) is 0 Å². The van der Waals surface area contributed by atoms with Crippen molar-refractivity contribution in [3.05, 3.63) is 59.7 Å². The number of phenolic OH excluding ortho intramolecular Hbond substituents is 4. The van der Waals surface area contributed by atoms with Gasteiger partial charge in [-0.05, 0) is 46.5 Å². The van der Waals surface area contributed by atoms with E-state index in [2.05, 4.69) is 0 Å². The average Bonchev–Trinajstić information content (AvgIpc) is 2.66. The van der Waals surface area contributed by atoms with Crippen LogP contribution in [0.15, 0.2) is 48.5 Å². The van der Waals surface area contributed by atoms with Crippen LogP contribution < -0.4 is 0 Å². The number of phenols is 4. The van der Waals surface area contributed by atoms with Crippen molar-refractivity contribution in [3.8, 4) is 45.3 Å². The average molecular weight is 350 g/mol. The van der Waals surface area contributed by atoms with Crippen molar-refractivity contribution in [1.82, 2.24) is 0 Å². The summed E-state index contributed by atoms with van der Waals surface area (Å²) < 4.78 is 0. The van der Waals surface area contributed by atoms with Crippen LogP contribution in [-0.4, -0.2) is 33.0 Å². The minimum Gasteiger partial charge on any atom is -0.504 e. The highest BCUT2D eigenvalue weighted by Gasteiger charge is 2.12. The van der Waals surface area contributed by atoms with Gasteiger partial charge in [0, 0.05) is 0 Å². The molecule has 130 valence electrons. The first-order valence-corrected chi connectivity index (χ1v) is 7.57. The highest BCUT2D eigenvalue weighted by molar-refractivity contribution is 5.86. The second-order valence-corrected chi connectivity index (χ2v) is 5.68. The molecule has 0 unspecified atom stereocenters. The Balaban J connectivity index is 2.02. The van der Waals surface area contributed by atoms with E-state index in [1.807, 2.05) is 0 Å². The predicted octanol–water partition coefficient (Wildman–Crippen LogP) is 3.47. The molecule has 3 rings (SSSR count). The minimum atomic E-state index is -0.471. The molecule has 0 fully saturated rings. The lowest BCUT2D eigenvalue weighted by atomic mass is 9.97. The zero-order valence-corrected chi connectivity index (χ0v) is 13.4. The molecule has 0 saturated carbocycles. The number of benzene rings is 3. The van der Waals surface area contributed by atoms with Gasteiger partial charge in [0.15, 0.2) is 35.6 Å². The van der Waals surface area contributed by atoms with Gasteiger partial charge < -0.3 is 20.4 Å². The van der Waals surface area contributed by atoms with E-state index < -0.39 is 23.0 Å². The van der Waals surface area contributed by atoms with Gasteiger partial charge in [0.2, 0.25) is 0 Å². The molecule has 0 heterocycles. The molecule has 0 aromatic heterocycles. The van der Waals surface area contributed by atoms with E-state index in [9.17, 15) is 30.0 Å². The molecule has 0 aliphatic rings. The molecule has 0 saturated heterocycles. The summed E-state index contributed by atoms with van der Waals surface area (Å²) in [4.78, 5) is 22.0. The van der Waals surface area contributed by atoms with Gasteiger partial charge in [-0.1, -0.05) is 24.3 Å². The smallest absolute Gasteiger partial charge is 0.168 e. The molecule has 0 aliphatic heterocycles. The first kappa shape index (κ1) is 17.0. The van der Waals surface area contributed by atoms with Crippen LogP contribution >= 0.6 is 0 Å². The van der Waals surface area contributed by atoms with Gasteiger partial charge in [-0.25, -0.2) is 0 Å². The van der Waals surface area contributed by atoms with Crippen molar-refractivity contribution in [3.63, 3.8) is 0 Å². The van der Waals surface area contributed by atoms with Crippen LogP contribution in [0.3, 0.4) is 0 Å². The summed E-state index contributed by atoms with van der Waals surface area (Å²) in [5.41, 5.74) is 2.40. The fourth-order valence-corrected chi connectivity index (χ4v) is 2.65. The maximum atomic E-state index is 11.0. The molecular formula is C20H14O6. The third-order valence-corrected chi connectivity index (χ3v) is 4.04. The van der Waals surface area contributed by atoms with Crippen molar-refractivity contribution in [2.24, 2.45) is 0 Å². The Morgan fingerprint density at radius 2 is 0.885 bits per heavy atom. The van der Waals surface area contributed by atoms with Gasteiger partial charge >= 0.3 is 0 Å². The Kier molecular flexibility index (Phi) is 4.33. The van der Waals surface area contributed by atoms with Crippen molar-refractivity contribution < 1.29 is 30.0 Å². The molecule has 0 radical (unpaired) electrons. The molecule has 4 N–H and O–H groups in total. The van der Waals surface area contributed by atoms with Gasteiger partial charge in [-0.2, -0.15) is 0 Å². The van der Waals surface area contributed by atoms with E-state index in [-0.39, 0.29) is 11.1 Å². The number of aromatic hydroxyl groups is 4. The lowest BCUT2D eigenvalue weighted by Crippen LogP contribution is -1.87. The SMILES string of the molecule is O=Cc1cc(-c2ccc(-c3cc(O)c(O)c(C=O)c3)cc2)cc(O)c1O. The highest BCUT2D eigenvalue weighted by atomic mass is 16.3. The van der Waals surface area contributed by atoms with Crippen molar-refractivity contribution in [2.45, 2.75) is 0 Å². The fraction of sp³-hybridized carbons (Fsp3) is 0. The summed E-state index contributed by atoms with van der Waals surface area (Å²) in [6.07, 6.45) is 0.903. The van der Waals surface area contributed by atoms with E-state index in [1.165, 1.54) is 24.3 Å². The lowest BCUT2D eigenvalue weighted by Gasteiger charge is -2.09. The van der Waals surface area contributed by atoms with Crippen LogP contribution in [0.4, 0.5) is 0 Å². The molecule has 0 amide bonds. The summed E-state index contributed by atoms with van der Waals surface area (Å²) in [5.74, 6) is -1.73. The maximum Gasteiger partial charge on any atom is 0.168 e. The Bertz CT molecular complexity index is 923. The standard InChI is InChI=1S/C20H14O6/c21-9-15-5-13(7-17(23)19(15)25)11-1-2-12(4-3-11)14-6-16(10-22)20(26)18(24)8-14/h1-10,23-26H. The van der Waals surface area contributed by atoms with Crippen LogP contribution in [0.2, 0.25) is 0 Å². The number of hydrogen-bond acceptors (Lipinski definition) is 6. The molecule has 6 heteroatoms. The zero-order chi connectivity index (χ0) is 18.8. The topological polar surface area (TPSA) is 115 Å². The third kappa shape index (κ3) is 2.95. The first-order valence-electron chi connectivity index (χ1n) is 7.57. The van der Waals surface area contributed by atoms with Crippen molar-refractivity contribution >= 4 is 12.6 Å². The van der Waals surface area contributed by atoms with Gasteiger partial charge in [0.25, 0.3) is 0 Å². The second-order valence-electron chi connectivity index (χ2n) is 5.68. The van der Waals surface area contributed by atoms with Crippen molar-refractivity contribution in [2.75, 3.05) is 0 Å². The van der Waals surface area contributed by atoms with Crippen LogP contribution in [0.25, 0.3) is 22.3 Å². The Labute approximate surface area is 148 Å². The number of carbonyl (C=O) groups excluding carboxylic acids is 2. The van der Waals surface area contributed by atoms with E-state index in [0.29, 0.717) is 34.8 Å². The molecule has 0 bridgehead atoms. The molecule has 26 heavy (non-hydrogen) atoms. The van der Waals surface area contributed by atoms with Crippen LogP contribution in [0.5, 0.6) is 23.0 Å². The van der Waals surface area contributed by atoms with Crippen molar-refractivity contribution in [1.29, 1.82) is 0 Å². The molecular weight excluding hydrogens is 336 g/mol. The van der Waals surface area contributed by atoms with Crippen LogP contribution in [0, 0.1) is 0 Å². The van der Waals surface area contributed by atoms with Crippen LogP contribution in [-0.2, 0) is 0 Å². The quantitative estimate of drug-likeness (QED) is 0.423. The lowest BCUT2D eigenvalue weighted by molar-refractivity contribution is 0.111. The van der Waals surface area contributed by atoms with Gasteiger partial charge in [0.05, 0.1) is 11.1 Å². The number of carbonyl (C=O) groups is 2. The minimum absolute atomic E-state index is 0.0249. The number of aldehydes is 2. The summed E-state index contributed by atoms with van der Waals surface area (Å²) in [5, 5.41) is 38.7. The molecule has 0 aliphatic carbocycles. The molecule has 3 aromatic carbocycles. The highest BCUT2D eigenvalue weighted by Crippen LogP contribution is 2.36. The first-order chi connectivity index (χ1) is 12.4.